The molecule has 0 spiro atoms. The van der Waals surface area contributed by atoms with Gasteiger partial charge in [0.1, 0.15) is 5.65 Å². The Kier molecular flexibility index (Phi) is 4.65. The number of carbonyl (C=O) groups excluding carboxylic acids is 3. The summed E-state index contributed by atoms with van der Waals surface area (Å²) >= 11 is 0. The largest absolute Gasteiger partial charge is 0.461 e. The van der Waals surface area contributed by atoms with Crippen molar-refractivity contribution >= 4 is 23.4 Å². The zero-order chi connectivity index (χ0) is 19.7. The number of unbranched alkanes of at least 4 members (excludes halogenated alkanes) is 1. The molecular formula is C21H19N3O4. The summed E-state index contributed by atoms with van der Waals surface area (Å²) in [4.78, 5) is 42.2. The quantitative estimate of drug-likeness (QED) is 0.375. The number of aryl methyl sites for hydroxylation is 1. The van der Waals surface area contributed by atoms with Gasteiger partial charge in [-0.2, -0.15) is 0 Å². The van der Waals surface area contributed by atoms with Crippen LogP contribution in [-0.4, -0.2) is 45.2 Å². The molecule has 2 aromatic heterocycles. The van der Waals surface area contributed by atoms with Crippen molar-refractivity contribution < 1.29 is 19.1 Å². The molecule has 0 aliphatic carbocycles. The maximum absolute atomic E-state index is 12.3. The molecule has 7 nitrogen and oxygen atoms in total. The van der Waals surface area contributed by atoms with Gasteiger partial charge in [0.25, 0.3) is 11.8 Å². The molecular weight excluding hydrogens is 358 g/mol. The van der Waals surface area contributed by atoms with Gasteiger partial charge in [0.05, 0.1) is 17.7 Å². The predicted molar refractivity (Wildman–Crippen MR) is 101 cm³/mol. The molecule has 142 valence electrons. The standard InChI is InChI=1S/C21H19N3O4/c1-14-8-10-23-13-17(22-18(23)12-14)21(27)28-11-5-4-9-24-19(25)15-6-2-3-7-16(15)20(24)26/h2-3,6-8,10,12-13H,4-5,9,11H2,1H3. The van der Waals surface area contributed by atoms with Gasteiger partial charge in [-0.05, 0) is 49.6 Å². The van der Waals surface area contributed by atoms with Gasteiger partial charge in [-0.3, -0.25) is 14.5 Å². The van der Waals surface area contributed by atoms with E-state index in [0.717, 1.165) is 5.56 Å². The maximum atomic E-state index is 12.3. The maximum Gasteiger partial charge on any atom is 0.358 e. The number of carbonyl (C=O) groups is 3. The van der Waals surface area contributed by atoms with E-state index >= 15 is 0 Å². The lowest BCUT2D eigenvalue weighted by Crippen LogP contribution is -2.30. The summed E-state index contributed by atoms with van der Waals surface area (Å²) in [5.74, 6) is -1.02. The molecule has 3 heterocycles. The van der Waals surface area contributed by atoms with Crippen molar-refractivity contribution in [1.82, 2.24) is 14.3 Å². The highest BCUT2D eigenvalue weighted by Crippen LogP contribution is 2.22. The van der Waals surface area contributed by atoms with Gasteiger partial charge in [-0.1, -0.05) is 12.1 Å². The lowest BCUT2D eigenvalue weighted by Gasteiger charge is -2.13. The minimum absolute atomic E-state index is 0.203. The summed E-state index contributed by atoms with van der Waals surface area (Å²) in [5, 5.41) is 0. The zero-order valence-electron chi connectivity index (χ0n) is 15.4. The van der Waals surface area contributed by atoms with Crippen LogP contribution in [0.15, 0.2) is 48.8 Å². The average Bonchev–Trinajstić information content (AvgIpc) is 3.22. The highest BCUT2D eigenvalue weighted by Gasteiger charge is 2.34. The molecule has 0 radical (unpaired) electrons. The van der Waals surface area contributed by atoms with Crippen LogP contribution in [0, 0.1) is 6.92 Å². The van der Waals surface area contributed by atoms with E-state index in [-0.39, 0.29) is 24.1 Å². The molecule has 0 atom stereocenters. The monoisotopic (exact) mass is 377 g/mol. The molecule has 3 aromatic rings. The number of esters is 1. The van der Waals surface area contributed by atoms with Crippen molar-refractivity contribution in [3.63, 3.8) is 0 Å². The molecule has 0 saturated heterocycles. The van der Waals surface area contributed by atoms with E-state index < -0.39 is 5.97 Å². The van der Waals surface area contributed by atoms with Crippen LogP contribution in [0.25, 0.3) is 5.65 Å². The third kappa shape index (κ3) is 3.26. The highest BCUT2D eigenvalue weighted by molar-refractivity contribution is 6.21. The summed E-state index contributed by atoms with van der Waals surface area (Å²) in [6.07, 6.45) is 4.58. The first kappa shape index (κ1) is 17.9. The summed E-state index contributed by atoms with van der Waals surface area (Å²) in [6.45, 7) is 2.47. The lowest BCUT2D eigenvalue weighted by atomic mass is 10.1. The van der Waals surface area contributed by atoms with Crippen LogP contribution in [0.1, 0.15) is 49.6 Å². The van der Waals surface area contributed by atoms with Gasteiger partial charge in [0.15, 0.2) is 5.69 Å². The smallest absolute Gasteiger partial charge is 0.358 e. The number of aromatic nitrogens is 2. The molecule has 7 heteroatoms. The van der Waals surface area contributed by atoms with Crippen LogP contribution in [0.5, 0.6) is 0 Å². The molecule has 1 aromatic carbocycles. The number of imide groups is 1. The Labute approximate surface area is 161 Å². The second-order valence-electron chi connectivity index (χ2n) is 6.75. The number of hydrogen-bond donors (Lipinski definition) is 0. The zero-order valence-corrected chi connectivity index (χ0v) is 15.4. The minimum atomic E-state index is -0.484. The SMILES string of the molecule is Cc1ccn2cc(C(=O)OCCCCN3C(=O)c4ccccc4C3=O)nc2c1. The third-order valence-corrected chi connectivity index (χ3v) is 4.71. The Balaban J connectivity index is 1.26. The molecule has 1 aliphatic rings. The number of hydrogen-bond acceptors (Lipinski definition) is 5. The fourth-order valence-corrected chi connectivity index (χ4v) is 3.24. The van der Waals surface area contributed by atoms with Crippen molar-refractivity contribution in [2.45, 2.75) is 19.8 Å². The van der Waals surface area contributed by atoms with E-state index in [1.165, 1.54) is 4.90 Å². The normalized spacial score (nSPS) is 13.2. The minimum Gasteiger partial charge on any atom is -0.461 e. The fraction of sp³-hybridized carbons (Fsp3) is 0.238. The van der Waals surface area contributed by atoms with Crippen LogP contribution < -0.4 is 0 Å². The summed E-state index contributed by atoms with van der Waals surface area (Å²) in [7, 11) is 0. The number of rotatable bonds is 6. The number of pyridine rings is 1. The lowest BCUT2D eigenvalue weighted by molar-refractivity contribution is 0.0480. The Bertz CT molecular complexity index is 1050. The topological polar surface area (TPSA) is 81.0 Å². The van der Waals surface area contributed by atoms with Crippen molar-refractivity contribution in [2.24, 2.45) is 0 Å². The van der Waals surface area contributed by atoms with Crippen LogP contribution >= 0.6 is 0 Å². The molecule has 0 unspecified atom stereocenters. The number of amides is 2. The summed E-state index contributed by atoms with van der Waals surface area (Å²) in [5.41, 5.74) is 2.90. The van der Waals surface area contributed by atoms with Gasteiger partial charge in [0.2, 0.25) is 0 Å². The first-order chi connectivity index (χ1) is 13.5. The van der Waals surface area contributed by atoms with Gasteiger partial charge >= 0.3 is 5.97 Å². The fourth-order valence-electron chi connectivity index (χ4n) is 3.24. The van der Waals surface area contributed by atoms with E-state index in [4.69, 9.17) is 4.74 Å². The first-order valence-electron chi connectivity index (χ1n) is 9.12. The van der Waals surface area contributed by atoms with Gasteiger partial charge in [-0.25, -0.2) is 9.78 Å². The number of imidazole rings is 1. The van der Waals surface area contributed by atoms with Gasteiger partial charge in [0, 0.05) is 18.9 Å². The Hall–Kier alpha value is -3.48. The molecule has 1 aliphatic heterocycles. The molecule has 2 amide bonds. The van der Waals surface area contributed by atoms with E-state index in [0.29, 0.717) is 36.2 Å². The van der Waals surface area contributed by atoms with Crippen LogP contribution in [0.4, 0.5) is 0 Å². The van der Waals surface area contributed by atoms with Crippen molar-refractivity contribution in [3.8, 4) is 0 Å². The Morgan fingerprint density at radius 3 is 2.50 bits per heavy atom. The number of fused-ring (bicyclic) bond motifs is 2. The van der Waals surface area contributed by atoms with E-state index in [1.807, 2.05) is 25.3 Å². The van der Waals surface area contributed by atoms with E-state index in [2.05, 4.69) is 4.98 Å². The third-order valence-electron chi connectivity index (χ3n) is 4.71. The van der Waals surface area contributed by atoms with Crippen molar-refractivity contribution in [3.05, 3.63) is 71.2 Å². The van der Waals surface area contributed by atoms with E-state index in [9.17, 15) is 14.4 Å². The number of ether oxygens (including phenoxy) is 1. The molecule has 0 fully saturated rings. The van der Waals surface area contributed by atoms with Crippen LogP contribution in [0.2, 0.25) is 0 Å². The molecule has 0 saturated carbocycles. The van der Waals surface area contributed by atoms with Crippen molar-refractivity contribution in [2.75, 3.05) is 13.2 Å². The first-order valence-corrected chi connectivity index (χ1v) is 9.12. The second kappa shape index (κ2) is 7.26. The average molecular weight is 377 g/mol. The Morgan fingerprint density at radius 2 is 1.79 bits per heavy atom. The summed E-state index contributed by atoms with van der Waals surface area (Å²) < 4.78 is 7.03. The number of benzene rings is 1. The van der Waals surface area contributed by atoms with Crippen molar-refractivity contribution in [1.29, 1.82) is 0 Å². The molecule has 0 bridgehead atoms. The predicted octanol–water partition coefficient (Wildman–Crippen LogP) is 2.88. The second-order valence-corrected chi connectivity index (χ2v) is 6.75. The van der Waals surface area contributed by atoms with Crippen LogP contribution in [0.3, 0.4) is 0 Å². The van der Waals surface area contributed by atoms with Gasteiger partial charge in [-0.15, -0.1) is 0 Å². The number of nitrogens with zero attached hydrogens (tertiary/aromatic N) is 3. The summed E-state index contributed by atoms with van der Waals surface area (Å²) in [6, 6.07) is 10.6. The van der Waals surface area contributed by atoms with Crippen LogP contribution in [-0.2, 0) is 4.74 Å². The Morgan fingerprint density at radius 1 is 1.07 bits per heavy atom. The van der Waals surface area contributed by atoms with E-state index in [1.54, 1.807) is 34.9 Å². The molecule has 28 heavy (non-hydrogen) atoms. The molecule has 0 N–H and O–H groups in total. The highest BCUT2D eigenvalue weighted by atomic mass is 16.5. The molecule has 4 rings (SSSR count). The van der Waals surface area contributed by atoms with Gasteiger partial charge < -0.3 is 9.14 Å².